The Balaban J connectivity index is 1.96. The molecule has 150 valence electrons. The van der Waals surface area contributed by atoms with Gasteiger partial charge in [-0.3, -0.25) is 4.98 Å². The van der Waals surface area contributed by atoms with Gasteiger partial charge in [-0.25, -0.2) is 10.0 Å². The molecule has 0 N–H and O–H groups in total. The van der Waals surface area contributed by atoms with Crippen molar-refractivity contribution in [3.05, 3.63) is 78.4 Å². The van der Waals surface area contributed by atoms with E-state index in [9.17, 15) is 0 Å². The van der Waals surface area contributed by atoms with E-state index < -0.39 is 10.0 Å². The lowest BCUT2D eigenvalue weighted by Crippen LogP contribution is -2.09. The van der Waals surface area contributed by atoms with E-state index in [1.807, 2.05) is 6.07 Å². The summed E-state index contributed by atoms with van der Waals surface area (Å²) < 4.78 is 0. The van der Waals surface area contributed by atoms with E-state index in [1.54, 1.807) is 0 Å². The molecule has 0 fully saturated rings. The highest BCUT2D eigenvalue weighted by molar-refractivity contribution is 8.32. The van der Waals surface area contributed by atoms with Gasteiger partial charge >= 0.3 is 0 Å². The third-order valence-corrected chi connectivity index (χ3v) is 7.20. The second-order valence-electron chi connectivity index (χ2n) is 8.98. The lowest BCUT2D eigenvalue weighted by molar-refractivity contribution is 0.867. The van der Waals surface area contributed by atoms with E-state index in [2.05, 4.69) is 99.3 Å². The molecule has 30 heavy (non-hydrogen) atoms. The maximum Gasteiger partial charge on any atom is 0.141 e. The monoisotopic (exact) mass is 409 g/mol. The largest absolute Gasteiger partial charge is 0.264 e. The summed E-state index contributed by atoms with van der Waals surface area (Å²) >= 11 is 0. The fourth-order valence-corrected chi connectivity index (χ4v) is 4.73. The van der Waals surface area contributed by atoms with Crippen LogP contribution in [0.25, 0.3) is 33.2 Å². The minimum absolute atomic E-state index is 0.427. The Kier molecular flexibility index (Phi) is 5.50. The van der Waals surface area contributed by atoms with E-state index in [1.165, 1.54) is 21.6 Å². The van der Waals surface area contributed by atoms with Crippen LogP contribution in [0.3, 0.4) is 0 Å². The standard InChI is InChI=1S/C27H28BNS/c1-18(2)20-13-21(19-9-7-6-8-10-19)15-23(14-20)27-25-12-11-24(30(3,4)5)16-22(25)17-26(28)29-27/h6-18H,1-5H3. The smallest absolute Gasteiger partial charge is 0.141 e. The van der Waals surface area contributed by atoms with E-state index >= 15 is 0 Å². The first-order valence-corrected chi connectivity index (χ1v) is 13.2. The van der Waals surface area contributed by atoms with Crippen LogP contribution < -0.4 is 5.59 Å². The first-order valence-electron chi connectivity index (χ1n) is 10.3. The van der Waals surface area contributed by atoms with Crippen LogP contribution in [0, 0.1) is 0 Å². The maximum absolute atomic E-state index is 6.26. The van der Waals surface area contributed by atoms with Gasteiger partial charge in [-0.1, -0.05) is 56.3 Å². The van der Waals surface area contributed by atoms with Crippen molar-refractivity contribution in [1.29, 1.82) is 0 Å². The van der Waals surface area contributed by atoms with Crippen molar-refractivity contribution in [3.8, 4) is 22.4 Å². The average Bonchev–Trinajstić information content (AvgIpc) is 2.72. The van der Waals surface area contributed by atoms with Crippen LogP contribution >= 0.6 is 10.0 Å². The van der Waals surface area contributed by atoms with Gasteiger partial charge in [0.05, 0.1) is 5.69 Å². The summed E-state index contributed by atoms with van der Waals surface area (Å²) in [6, 6.07) is 26.1. The highest BCUT2D eigenvalue weighted by atomic mass is 32.3. The molecule has 1 aromatic heterocycles. The van der Waals surface area contributed by atoms with Crippen molar-refractivity contribution in [3.63, 3.8) is 0 Å². The third-order valence-electron chi connectivity index (χ3n) is 5.53. The zero-order valence-electron chi connectivity index (χ0n) is 18.4. The Bertz CT molecular complexity index is 1210. The van der Waals surface area contributed by atoms with Crippen molar-refractivity contribution >= 4 is 34.2 Å². The number of hydrogen-bond acceptors (Lipinski definition) is 1. The first-order chi connectivity index (χ1) is 14.2. The lowest BCUT2D eigenvalue weighted by Gasteiger charge is -2.26. The van der Waals surface area contributed by atoms with Crippen LogP contribution in [0.4, 0.5) is 0 Å². The van der Waals surface area contributed by atoms with Crippen molar-refractivity contribution in [1.82, 2.24) is 4.98 Å². The molecular weight excluding hydrogens is 381 g/mol. The minimum atomic E-state index is -0.807. The van der Waals surface area contributed by atoms with Crippen molar-refractivity contribution in [2.24, 2.45) is 0 Å². The zero-order chi connectivity index (χ0) is 21.5. The van der Waals surface area contributed by atoms with Crippen LogP contribution in [0.5, 0.6) is 0 Å². The second kappa shape index (κ2) is 7.96. The highest BCUT2D eigenvalue weighted by Crippen LogP contribution is 2.46. The van der Waals surface area contributed by atoms with Gasteiger partial charge in [-0.05, 0) is 87.6 Å². The Labute approximate surface area is 183 Å². The van der Waals surface area contributed by atoms with Gasteiger partial charge in [0.15, 0.2) is 0 Å². The molecular formula is C27H28BNS. The molecule has 0 unspecified atom stereocenters. The lowest BCUT2D eigenvalue weighted by atomic mass is 9.91. The molecule has 0 aliphatic carbocycles. The predicted octanol–water partition coefficient (Wildman–Crippen LogP) is 6.54. The van der Waals surface area contributed by atoms with E-state index in [-0.39, 0.29) is 0 Å². The van der Waals surface area contributed by atoms with E-state index in [0.717, 1.165) is 22.0 Å². The molecule has 0 spiro atoms. The quantitative estimate of drug-likeness (QED) is 0.349. The van der Waals surface area contributed by atoms with E-state index in [4.69, 9.17) is 12.8 Å². The third kappa shape index (κ3) is 4.18. The van der Waals surface area contributed by atoms with Gasteiger partial charge in [0.2, 0.25) is 0 Å². The van der Waals surface area contributed by atoms with Gasteiger partial charge < -0.3 is 0 Å². The Morgan fingerprint density at radius 3 is 2.13 bits per heavy atom. The molecule has 0 aliphatic rings. The van der Waals surface area contributed by atoms with Crippen molar-refractivity contribution < 1.29 is 0 Å². The molecule has 0 atom stereocenters. The number of pyridine rings is 1. The topological polar surface area (TPSA) is 12.9 Å². The first kappa shape index (κ1) is 20.7. The van der Waals surface area contributed by atoms with Crippen LogP contribution in [0.2, 0.25) is 0 Å². The molecule has 0 saturated carbocycles. The number of hydrogen-bond donors (Lipinski definition) is 0. The maximum atomic E-state index is 6.26. The van der Waals surface area contributed by atoms with Crippen LogP contribution in [-0.4, -0.2) is 31.6 Å². The van der Waals surface area contributed by atoms with Crippen LogP contribution in [0.1, 0.15) is 25.3 Å². The fraction of sp³-hybridized carbons (Fsp3) is 0.222. The summed E-state index contributed by atoms with van der Waals surface area (Å²) in [5, 5.41) is 2.31. The predicted molar refractivity (Wildman–Crippen MR) is 136 cm³/mol. The molecule has 0 saturated heterocycles. The summed E-state index contributed by atoms with van der Waals surface area (Å²) in [4.78, 5) is 6.17. The highest BCUT2D eigenvalue weighted by Gasteiger charge is 2.14. The Hall–Kier alpha value is -2.52. The Morgan fingerprint density at radius 1 is 0.767 bits per heavy atom. The molecule has 2 radical (unpaired) electrons. The normalized spacial score (nSPS) is 12.5. The zero-order valence-corrected chi connectivity index (χ0v) is 19.3. The molecule has 0 amide bonds. The number of fused-ring (bicyclic) bond motifs is 1. The molecule has 1 heterocycles. The number of nitrogens with zero attached hydrogens (tertiary/aromatic N) is 1. The minimum Gasteiger partial charge on any atom is -0.264 e. The SMILES string of the molecule is [B]c1cc2cc(S(C)(C)C)ccc2c(-c2cc(-c3ccccc3)cc(C(C)C)c2)n1. The average molecular weight is 409 g/mol. The van der Waals surface area contributed by atoms with Crippen molar-refractivity contribution in [2.75, 3.05) is 18.8 Å². The van der Waals surface area contributed by atoms with Gasteiger partial charge in [-0.2, -0.15) is 0 Å². The fourth-order valence-electron chi connectivity index (χ4n) is 3.78. The molecule has 1 nitrogen and oxygen atoms in total. The number of aromatic nitrogens is 1. The molecule has 0 bridgehead atoms. The summed E-state index contributed by atoms with van der Waals surface area (Å²) in [6.07, 6.45) is 6.95. The van der Waals surface area contributed by atoms with Crippen molar-refractivity contribution in [2.45, 2.75) is 24.7 Å². The van der Waals surface area contributed by atoms with Crippen LogP contribution in [0.15, 0.2) is 77.7 Å². The summed E-state index contributed by atoms with van der Waals surface area (Å²) in [6.45, 7) is 4.47. The summed E-state index contributed by atoms with van der Waals surface area (Å²) in [5.41, 5.74) is 6.38. The number of benzene rings is 3. The molecule has 3 aromatic carbocycles. The molecule has 4 rings (SSSR count). The van der Waals surface area contributed by atoms with Crippen LogP contribution in [-0.2, 0) is 0 Å². The molecule has 4 aromatic rings. The molecule has 3 heteroatoms. The Morgan fingerprint density at radius 2 is 1.47 bits per heavy atom. The number of rotatable bonds is 4. The summed E-state index contributed by atoms with van der Waals surface area (Å²) in [7, 11) is 5.46. The molecule has 0 aliphatic heterocycles. The van der Waals surface area contributed by atoms with Gasteiger partial charge in [0, 0.05) is 10.9 Å². The van der Waals surface area contributed by atoms with Gasteiger partial charge in [0.25, 0.3) is 0 Å². The van der Waals surface area contributed by atoms with E-state index in [0.29, 0.717) is 11.5 Å². The summed E-state index contributed by atoms with van der Waals surface area (Å²) in [5.74, 6) is 0.427. The second-order valence-corrected chi connectivity index (χ2v) is 13.1. The van der Waals surface area contributed by atoms with Gasteiger partial charge in [0.1, 0.15) is 7.85 Å². The van der Waals surface area contributed by atoms with Gasteiger partial charge in [-0.15, -0.1) is 0 Å².